The van der Waals surface area contributed by atoms with Gasteiger partial charge in [-0.05, 0) is 43.5 Å². The van der Waals surface area contributed by atoms with Crippen molar-refractivity contribution in [3.8, 4) is 0 Å². The number of nitrogens with one attached hydrogen (secondary N) is 3. The predicted octanol–water partition coefficient (Wildman–Crippen LogP) is 1.90. The van der Waals surface area contributed by atoms with E-state index >= 15 is 0 Å². The van der Waals surface area contributed by atoms with Crippen LogP contribution >= 0.6 is 0 Å². The lowest BCUT2D eigenvalue weighted by Crippen LogP contribution is -2.40. The largest absolute Gasteiger partial charge is 0.382 e. The van der Waals surface area contributed by atoms with Crippen molar-refractivity contribution in [1.29, 1.82) is 0 Å². The maximum absolute atomic E-state index is 13.5. The van der Waals surface area contributed by atoms with Gasteiger partial charge in [0.05, 0.1) is 0 Å². The Labute approximate surface area is 165 Å². The highest BCUT2D eigenvalue weighted by Gasteiger charge is 2.07. The van der Waals surface area contributed by atoms with Crippen molar-refractivity contribution in [1.82, 2.24) is 20.5 Å². The molecule has 2 rings (SSSR count). The highest BCUT2D eigenvalue weighted by Crippen LogP contribution is 2.19. The standard InChI is InChI=1S/C20H30FN5O2/c1-4-28-11-5-9-22-20(25-14-19(27)26(2)3)23-10-8-15-13-24-18-7-6-16(21)12-17(15)18/h6-7,12-13,24H,4-5,8-11,14H2,1-3H3,(H2,22,23,25). The summed E-state index contributed by atoms with van der Waals surface area (Å²) in [5.41, 5.74) is 1.94. The van der Waals surface area contributed by atoms with Crippen molar-refractivity contribution < 1.29 is 13.9 Å². The molecule has 154 valence electrons. The average Bonchev–Trinajstić information content (AvgIpc) is 3.07. The quantitative estimate of drug-likeness (QED) is 0.328. The fourth-order valence-corrected chi connectivity index (χ4v) is 2.66. The van der Waals surface area contributed by atoms with Gasteiger partial charge < -0.3 is 25.3 Å². The van der Waals surface area contributed by atoms with Gasteiger partial charge in [0, 0.05) is 57.5 Å². The molecule has 1 aromatic carbocycles. The summed E-state index contributed by atoms with van der Waals surface area (Å²) in [5.74, 6) is 0.266. The topological polar surface area (TPSA) is 81.8 Å². The van der Waals surface area contributed by atoms with Crippen LogP contribution in [0.5, 0.6) is 0 Å². The van der Waals surface area contributed by atoms with E-state index in [0.717, 1.165) is 22.9 Å². The molecule has 0 aliphatic heterocycles. The second kappa shape index (κ2) is 11.3. The molecular formula is C20H30FN5O2. The number of rotatable bonds is 10. The normalized spacial score (nSPS) is 11.6. The molecule has 7 nitrogen and oxygen atoms in total. The van der Waals surface area contributed by atoms with E-state index in [1.54, 1.807) is 20.2 Å². The van der Waals surface area contributed by atoms with Gasteiger partial charge in [-0.3, -0.25) is 4.79 Å². The van der Waals surface area contributed by atoms with E-state index in [1.807, 2.05) is 13.1 Å². The number of carbonyl (C=O) groups excluding carboxylic acids is 1. The van der Waals surface area contributed by atoms with Crippen LogP contribution in [0.2, 0.25) is 0 Å². The van der Waals surface area contributed by atoms with Gasteiger partial charge in [0.25, 0.3) is 0 Å². The summed E-state index contributed by atoms with van der Waals surface area (Å²) >= 11 is 0. The molecule has 1 heterocycles. The molecule has 0 aliphatic rings. The third-order valence-corrected chi connectivity index (χ3v) is 4.25. The maximum atomic E-state index is 13.5. The number of ether oxygens (including phenoxy) is 1. The van der Waals surface area contributed by atoms with E-state index in [2.05, 4.69) is 20.6 Å². The van der Waals surface area contributed by atoms with Gasteiger partial charge in [0.2, 0.25) is 5.91 Å². The number of aromatic nitrogens is 1. The van der Waals surface area contributed by atoms with Crippen LogP contribution in [0, 0.1) is 5.82 Å². The Bertz CT molecular complexity index is 788. The number of amides is 1. The Morgan fingerprint density at radius 3 is 2.82 bits per heavy atom. The predicted molar refractivity (Wildman–Crippen MR) is 110 cm³/mol. The Balaban J connectivity index is 1.91. The summed E-state index contributed by atoms with van der Waals surface area (Å²) < 4.78 is 18.8. The van der Waals surface area contributed by atoms with Crippen LogP contribution < -0.4 is 10.6 Å². The van der Waals surface area contributed by atoms with Gasteiger partial charge >= 0.3 is 0 Å². The van der Waals surface area contributed by atoms with Crippen LogP contribution in [-0.4, -0.2) is 68.7 Å². The van der Waals surface area contributed by atoms with Crippen molar-refractivity contribution in [2.45, 2.75) is 19.8 Å². The second-order valence-corrected chi connectivity index (χ2v) is 6.61. The van der Waals surface area contributed by atoms with E-state index < -0.39 is 0 Å². The summed E-state index contributed by atoms with van der Waals surface area (Å²) in [7, 11) is 3.41. The zero-order valence-electron chi connectivity index (χ0n) is 16.8. The van der Waals surface area contributed by atoms with Crippen molar-refractivity contribution in [2.24, 2.45) is 4.99 Å². The number of H-pyrrole nitrogens is 1. The first-order chi connectivity index (χ1) is 13.5. The maximum Gasteiger partial charge on any atom is 0.243 e. The summed E-state index contributed by atoms with van der Waals surface area (Å²) in [6.45, 7) is 4.71. The highest BCUT2D eigenvalue weighted by molar-refractivity contribution is 5.85. The third kappa shape index (κ3) is 6.84. The molecule has 0 saturated carbocycles. The Kier molecular flexibility index (Phi) is 8.74. The fourth-order valence-electron chi connectivity index (χ4n) is 2.66. The highest BCUT2D eigenvalue weighted by atomic mass is 19.1. The van der Waals surface area contributed by atoms with E-state index in [0.29, 0.717) is 38.7 Å². The molecule has 0 spiro atoms. The van der Waals surface area contributed by atoms with Gasteiger partial charge in [-0.25, -0.2) is 9.38 Å². The van der Waals surface area contributed by atoms with Gasteiger partial charge in [0.15, 0.2) is 5.96 Å². The number of aromatic amines is 1. The number of carbonyl (C=O) groups is 1. The van der Waals surface area contributed by atoms with E-state index in [1.165, 1.54) is 17.0 Å². The Hall–Kier alpha value is -2.61. The lowest BCUT2D eigenvalue weighted by atomic mass is 10.1. The van der Waals surface area contributed by atoms with Gasteiger partial charge in [-0.2, -0.15) is 0 Å². The van der Waals surface area contributed by atoms with Crippen molar-refractivity contribution in [3.05, 3.63) is 35.8 Å². The first-order valence-electron chi connectivity index (χ1n) is 9.57. The first kappa shape index (κ1) is 21.7. The van der Waals surface area contributed by atoms with Crippen LogP contribution in [0.4, 0.5) is 4.39 Å². The number of halogens is 1. The van der Waals surface area contributed by atoms with Crippen LogP contribution in [0.25, 0.3) is 10.9 Å². The molecule has 0 unspecified atom stereocenters. The minimum atomic E-state index is -0.248. The number of benzene rings is 1. The summed E-state index contributed by atoms with van der Waals surface area (Å²) in [6.07, 6.45) is 3.44. The molecule has 0 fully saturated rings. The van der Waals surface area contributed by atoms with E-state index in [4.69, 9.17) is 4.74 Å². The van der Waals surface area contributed by atoms with Crippen LogP contribution in [0.3, 0.4) is 0 Å². The number of hydrogen-bond donors (Lipinski definition) is 3. The number of nitrogens with zero attached hydrogens (tertiary/aromatic N) is 2. The Morgan fingerprint density at radius 2 is 2.07 bits per heavy atom. The number of hydrogen-bond acceptors (Lipinski definition) is 3. The number of aliphatic imine (C=N–C) groups is 1. The second-order valence-electron chi connectivity index (χ2n) is 6.61. The van der Waals surface area contributed by atoms with Crippen molar-refractivity contribution >= 4 is 22.8 Å². The molecule has 0 aliphatic carbocycles. The molecule has 1 amide bonds. The van der Waals surface area contributed by atoms with Crippen molar-refractivity contribution in [2.75, 3.05) is 46.9 Å². The summed E-state index contributed by atoms with van der Waals surface area (Å²) in [5, 5.41) is 7.34. The van der Waals surface area contributed by atoms with Crippen LogP contribution in [0.1, 0.15) is 18.9 Å². The molecule has 0 bridgehead atoms. The minimum Gasteiger partial charge on any atom is -0.382 e. The van der Waals surface area contributed by atoms with Crippen LogP contribution in [0.15, 0.2) is 29.4 Å². The lowest BCUT2D eigenvalue weighted by Gasteiger charge is -2.14. The Morgan fingerprint density at radius 1 is 1.29 bits per heavy atom. The molecule has 0 saturated heterocycles. The zero-order chi connectivity index (χ0) is 20.4. The molecule has 2 aromatic rings. The number of fused-ring (bicyclic) bond motifs is 1. The van der Waals surface area contributed by atoms with Gasteiger partial charge in [-0.1, -0.05) is 0 Å². The number of likely N-dealkylation sites (N-methyl/N-ethyl adjacent to an activating group) is 1. The average molecular weight is 391 g/mol. The molecule has 0 radical (unpaired) electrons. The van der Waals surface area contributed by atoms with E-state index in [9.17, 15) is 9.18 Å². The summed E-state index contributed by atoms with van der Waals surface area (Å²) in [6, 6.07) is 4.72. The SMILES string of the molecule is CCOCCCNC(=NCC(=O)N(C)C)NCCc1c[nH]c2ccc(F)cc12. The smallest absolute Gasteiger partial charge is 0.243 e. The number of guanidine groups is 1. The summed E-state index contributed by atoms with van der Waals surface area (Å²) in [4.78, 5) is 20.8. The molecule has 0 atom stereocenters. The monoisotopic (exact) mass is 391 g/mol. The molecule has 8 heteroatoms. The fraction of sp³-hybridized carbons (Fsp3) is 0.500. The zero-order valence-corrected chi connectivity index (χ0v) is 16.8. The third-order valence-electron chi connectivity index (χ3n) is 4.25. The van der Waals surface area contributed by atoms with E-state index in [-0.39, 0.29) is 18.3 Å². The van der Waals surface area contributed by atoms with Crippen LogP contribution in [-0.2, 0) is 16.0 Å². The molecule has 3 N–H and O–H groups in total. The molecule has 1 aromatic heterocycles. The van der Waals surface area contributed by atoms with Gasteiger partial charge in [0.1, 0.15) is 12.4 Å². The molecular weight excluding hydrogens is 361 g/mol. The van der Waals surface area contributed by atoms with Gasteiger partial charge in [-0.15, -0.1) is 0 Å². The van der Waals surface area contributed by atoms with Crippen molar-refractivity contribution in [3.63, 3.8) is 0 Å². The first-order valence-corrected chi connectivity index (χ1v) is 9.57. The lowest BCUT2D eigenvalue weighted by molar-refractivity contribution is -0.127. The molecule has 28 heavy (non-hydrogen) atoms. The minimum absolute atomic E-state index is 0.0671.